The molecule has 0 radical (unpaired) electrons. The maximum atomic E-state index is 4.78. The van der Waals surface area contributed by atoms with Crippen molar-refractivity contribution in [3.8, 4) is 0 Å². The molecule has 1 heterocycles. The van der Waals surface area contributed by atoms with Crippen LogP contribution in [-0.2, 0) is 11.8 Å². The average Bonchev–Trinajstić information content (AvgIpc) is 3.10. The Kier molecular flexibility index (Phi) is 4.48. The first-order valence-electron chi connectivity index (χ1n) is 7.90. The van der Waals surface area contributed by atoms with Crippen LogP contribution < -0.4 is 5.32 Å². The molecule has 1 atom stereocenters. The molecule has 3 nitrogen and oxygen atoms in total. The molecule has 1 aliphatic carbocycles. The maximum absolute atomic E-state index is 4.78. The Balaban J connectivity index is 2.08. The molecule has 1 fully saturated rings. The summed E-state index contributed by atoms with van der Waals surface area (Å²) in [6.45, 7) is 14.3. The standard InChI is InChI=1S/C17H29N3/c1-11(2)18-10-12(3)9-15-13(4)19-16(20-14(15)5)17(6)7-8-17/h11-12,18H,7-10H2,1-6H3. The molecule has 0 aliphatic heterocycles. The Morgan fingerprint density at radius 3 is 2.10 bits per heavy atom. The number of aromatic nitrogens is 2. The van der Waals surface area contributed by atoms with Crippen LogP contribution in [0, 0.1) is 19.8 Å². The zero-order chi connectivity index (χ0) is 14.9. The molecule has 1 aliphatic rings. The topological polar surface area (TPSA) is 37.8 Å². The lowest BCUT2D eigenvalue weighted by atomic mass is 9.97. The molecule has 0 aromatic carbocycles. The van der Waals surface area contributed by atoms with Crippen LogP contribution in [0.3, 0.4) is 0 Å². The van der Waals surface area contributed by atoms with Gasteiger partial charge in [0.05, 0.1) is 0 Å². The van der Waals surface area contributed by atoms with Crippen molar-refractivity contribution in [3.63, 3.8) is 0 Å². The van der Waals surface area contributed by atoms with E-state index in [0.717, 1.165) is 18.8 Å². The highest BCUT2D eigenvalue weighted by Gasteiger charge is 2.42. The van der Waals surface area contributed by atoms with Gasteiger partial charge in [-0.2, -0.15) is 0 Å². The van der Waals surface area contributed by atoms with Gasteiger partial charge in [0.25, 0.3) is 0 Å². The molecule has 0 bridgehead atoms. The van der Waals surface area contributed by atoms with E-state index in [1.54, 1.807) is 0 Å². The zero-order valence-electron chi connectivity index (χ0n) is 13.9. The quantitative estimate of drug-likeness (QED) is 0.865. The van der Waals surface area contributed by atoms with Crippen LogP contribution in [-0.4, -0.2) is 22.6 Å². The Bertz CT molecular complexity index is 452. The van der Waals surface area contributed by atoms with Gasteiger partial charge in [-0.15, -0.1) is 0 Å². The van der Waals surface area contributed by atoms with E-state index in [0.29, 0.717) is 12.0 Å². The van der Waals surface area contributed by atoms with Crippen molar-refractivity contribution in [2.45, 2.75) is 72.3 Å². The first kappa shape index (κ1) is 15.4. The number of rotatable bonds is 6. The minimum absolute atomic E-state index is 0.263. The van der Waals surface area contributed by atoms with Crippen LogP contribution in [0.4, 0.5) is 0 Å². The second-order valence-electron chi connectivity index (χ2n) is 7.13. The summed E-state index contributed by atoms with van der Waals surface area (Å²) in [5, 5.41) is 3.51. The van der Waals surface area contributed by atoms with Gasteiger partial charge in [0.2, 0.25) is 0 Å². The number of nitrogens with one attached hydrogen (secondary N) is 1. The molecule has 2 rings (SSSR count). The van der Waals surface area contributed by atoms with Crippen LogP contribution in [0.15, 0.2) is 0 Å². The molecule has 1 N–H and O–H groups in total. The molecule has 20 heavy (non-hydrogen) atoms. The molecule has 1 saturated carbocycles. The summed E-state index contributed by atoms with van der Waals surface area (Å²) in [5.74, 6) is 1.67. The fourth-order valence-corrected chi connectivity index (χ4v) is 2.57. The van der Waals surface area contributed by atoms with Crippen molar-refractivity contribution in [3.05, 3.63) is 22.8 Å². The summed E-state index contributed by atoms with van der Waals surface area (Å²) in [4.78, 5) is 9.57. The number of hydrogen-bond acceptors (Lipinski definition) is 3. The largest absolute Gasteiger partial charge is 0.314 e. The molecular formula is C17H29N3. The molecule has 1 unspecified atom stereocenters. The van der Waals surface area contributed by atoms with E-state index in [4.69, 9.17) is 9.97 Å². The van der Waals surface area contributed by atoms with Crippen molar-refractivity contribution in [1.82, 2.24) is 15.3 Å². The number of aryl methyl sites for hydroxylation is 2. The number of hydrogen-bond donors (Lipinski definition) is 1. The normalized spacial score (nSPS) is 18.4. The van der Waals surface area contributed by atoms with Crippen LogP contribution in [0.1, 0.15) is 63.3 Å². The van der Waals surface area contributed by atoms with Gasteiger partial charge in [0.1, 0.15) is 5.82 Å². The van der Waals surface area contributed by atoms with Gasteiger partial charge >= 0.3 is 0 Å². The summed E-state index contributed by atoms with van der Waals surface area (Å²) in [6.07, 6.45) is 3.54. The Morgan fingerprint density at radius 1 is 1.10 bits per heavy atom. The highest BCUT2D eigenvalue weighted by Crippen LogP contribution is 2.46. The Labute approximate surface area is 123 Å². The van der Waals surface area contributed by atoms with Crippen LogP contribution in [0.2, 0.25) is 0 Å². The summed E-state index contributed by atoms with van der Waals surface area (Å²) in [6, 6.07) is 0.549. The summed E-state index contributed by atoms with van der Waals surface area (Å²) < 4.78 is 0. The predicted octanol–water partition coefficient (Wildman–Crippen LogP) is 3.32. The minimum atomic E-state index is 0.263. The molecule has 1 aromatic heterocycles. The van der Waals surface area contributed by atoms with Gasteiger partial charge < -0.3 is 5.32 Å². The van der Waals surface area contributed by atoms with Crippen molar-refractivity contribution in [2.75, 3.05) is 6.54 Å². The van der Waals surface area contributed by atoms with Gasteiger partial charge in [-0.05, 0) is 51.1 Å². The average molecular weight is 275 g/mol. The SMILES string of the molecule is Cc1nc(C2(C)CC2)nc(C)c1CC(C)CNC(C)C. The lowest BCUT2D eigenvalue weighted by Crippen LogP contribution is -2.29. The summed E-state index contributed by atoms with van der Waals surface area (Å²) in [7, 11) is 0. The van der Waals surface area contributed by atoms with Crippen LogP contribution in [0.25, 0.3) is 0 Å². The van der Waals surface area contributed by atoms with Gasteiger partial charge in [-0.1, -0.05) is 27.7 Å². The third kappa shape index (κ3) is 3.57. The molecule has 0 saturated heterocycles. The number of nitrogens with zero attached hydrogens (tertiary/aromatic N) is 2. The first-order chi connectivity index (χ1) is 9.32. The minimum Gasteiger partial charge on any atom is -0.314 e. The molecule has 1 aromatic rings. The fourth-order valence-electron chi connectivity index (χ4n) is 2.57. The maximum Gasteiger partial charge on any atom is 0.134 e. The monoisotopic (exact) mass is 275 g/mol. The van der Waals surface area contributed by atoms with E-state index in [-0.39, 0.29) is 5.41 Å². The third-order valence-electron chi connectivity index (χ3n) is 4.39. The van der Waals surface area contributed by atoms with Crippen molar-refractivity contribution in [1.29, 1.82) is 0 Å². The summed E-state index contributed by atoms with van der Waals surface area (Å²) >= 11 is 0. The smallest absolute Gasteiger partial charge is 0.134 e. The lowest BCUT2D eigenvalue weighted by Gasteiger charge is -2.18. The van der Waals surface area contributed by atoms with E-state index in [1.165, 1.54) is 29.8 Å². The summed E-state index contributed by atoms with van der Waals surface area (Å²) in [5.41, 5.74) is 3.96. The van der Waals surface area contributed by atoms with E-state index < -0.39 is 0 Å². The van der Waals surface area contributed by atoms with E-state index in [9.17, 15) is 0 Å². The predicted molar refractivity (Wildman–Crippen MR) is 84.1 cm³/mol. The van der Waals surface area contributed by atoms with Crippen molar-refractivity contribution < 1.29 is 0 Å². The Morgan fingerprint density at radius 2 is 1.65 bits per heavy atom. The van der Waals surface area contributed by atoms with E-state index >= 15 is 0 Å². The highest BCUT2D eigenvalue weighted by molar-refractivity contribution is 5.28. The van der Waals surface area contributed by atoms with Gasteiger partial charge in [-0.3, -0.25) is 0 Å². The zero-order valence-corrected chi connectivity index (χ0v) is 13.9. The lowest BCUT2D eigenvalue weighted by molar-refractivity contribution is 0.473. The Hall–Kier alpha value is -0.960. The molecule has 0 spiro atoms. The second kappa shape index (κ2) is 5.80. The van der Waals surface area contributed by atoms with Gasteiger partial charge in [0.15, 0.2) is 0 Å². The third-order valence-corrected chi connectivity index (χ3v) is 4.39. The molecular weight excluding hydrogens is 246 g/mol. The van der Waals surface area contributed by atoms with E-state index in [2.05, 4.69) is 46.9 Å². The molecule has 0 amide bonds. The highest BCUT2D eigenvalue weighted by atomic mass is 14.9. The van der Waals surface area contributed by atoms with Crippen molar-refractivity contribution >= 4 is 0 Å². The van der Waals surface area contributed by atoms with Gasteiger partial charge in [0, 0.05) is 22.8 Å². The second-order valence-corrected chi connectivity index (χ2v) is 7.13. The van der Waals surface area contributed by atoms with Crippen LogP contribution >= 0.6 is 0 Å². The molecule has 112 valence electrons. The van der Waals surface area contributed by atoms with E-state index in [1.807, 2.05) is 0 Å². The first-order valence-corrected chi connectivity index (χ1v) is 7.90. The van der Waals surface area contributed by atoms with Crippen molar-refractivity contribution in [2.24, 2.45) is 5.92 Å². The molecule has 3 heteroatoms. The van der Waals surface area contributed by atoms with Crippen LogP contribution in [0.5, 0.6) is 0 Å². The fraction of sp³-hybridized carbons (Fsp3) is 0.765. The van der Waals surface area contributed by atoms with Gasteiger partial charge in [-0.25, -0.2) is 9.97 Å².